The zero-order valence-electron chi connectivity index (χ0n) is 11.1. The summed E-state index contributed by atoms with van der Waals surface area (Å²) in [7, 11) is 0. The third kappa shape index (κ3) is 3.23. The molecule has 6 nitrogen and oxygen atoms in total. The van der Waals surface area contributed by atoms with Crippen LogP contribution < -0.4 is 5.32 Å². The van der Waals surface area contributed by atoms with Crippen molar-refractivity contribution < 1.29 is 9.34 Å². The first kappa shape index (κ1) is 14.7. The number of hydrogen-bond donors (Lipinski definition) is 1. The van der Waals surface area contributed by atoms with E-state index in [9.17, 15) is 10.1 Å². The first-order chi connectivity index (χ1) is 9.49. The highest BCUT2D eigenvalue weighted by atomic mass is 79.9. The maximum atomic E-state index is 10.8. The van der Waals surface area contributed by atoms with Crippen LogP contribution in [0.15, 0.2) is 27.1 Å². The lowest BCUT2D eigenvalue weighted by atomic mass is 10.2. The molecule has 1 heterocycles. The minimum absolute atomic E-state index is 0.0621. The summed E-state index contributed by atoms with van der Waals surface area (Å²) in [6.07, 6.45) is 0. The second kappa shape index (κ2) is 6.15. The Kier molecular flexibility index (Phi) is 4.51. The minimum atomic E-state index is -0.408. The zero-order chi connectivity index (χ0) is 14.7. The number of oxazole rings is 1. The van der Waals surface area contributed by atoms with E-state index in [1.54, 1.807) is 6.07 Å². The van der Waals surface area contributed by atoms with Crippen molar-refractivity contribution in [2.75, 3.05) is 0 Å². The van der Waals surface area contributed by atoms with E-state index in [0.29, 0.717) is 23.5 Å². The molecule has 0 fully saturated rings. The molecule has 1 N–H and O–H groups in total. The molecule has 0 unspecified atom stereocenters. The van der Waals surface area contributed by atoms with Crippen molar-refractivity contribution in [1.29, 1.82) is 0 Å². The Morgan fingerprint density at radius 3 is 2.75 bits per heavy atom. The molecule has 0 aliphatic heterocycles. The number of hydrogen-bond acceptors (Lipinski definition) is 5. The van der Waals surface area contributed by atoms with E-state index in [-0.39, 0.29) is 5.69 Å². The van der Waals surface area contributed by atoms with Crippen LogP contribution in [0.1, 0.15) is 22.9 Å². The minimum Gasteiger partial charge on any atom is -0.444 e. The van der Waals surface area contributed by atoms with Crippen molar-refractivity contribution in [3.05, 3.63) is 55.7 Å². The molecule has 0 spiro atoms. The van der Waals surface area contributed by atoms with E-state index in [1.165, 1.54) is 6.07 Å². The third-order valence-corrected chi connectivity index (χ3v) is 3.84. The summed E-state index contributed by atoms with van der Waals surface area (Å²) in [4.78, 5) is 14.7. The Labute approximate surface area is 124 Å². The van der Waals surface area contributed by atoms with Gasteiger partial charge in [0.1, 0.15) is 5.76 Å². The summed E-state index contributed by atoms with van der Waals surface area (Å²) in [5.74, 6) is 1.42. The summed E-state index contributed by atoms with van der Waals surface area (Å²) in [6.45, 7) is 4.72. The second-order valence-corrected chi connectivity index (χ2v) is 5.15. The highest BCUT2D eigenvalue weighted by Crippen LogP contribution is 2.28. The van der Waals surface area contributed by atoms with Crippen molar-refractivity contribution in [2.45, 2.75) is 26.9 Å². The normalized spacial score (nSPS) is 10.8. The van der Waals surface area contributed by atoms with Gasteiger partial charge in [0.15, 0.2) is 0 Å². The number of benzene rings is 1. The summed E-state index contributed by atoms with van der Waals surface area (Å²) in [6, 6.07) is 4.96. The predicted molar refractivity (Wildman–Crippen MR) is 77.3 cm³/mol. The predicted octanol–water partition coefficient (Wildman–Crippen LogP) is 3.25. The first-order valence-electron chi connectivity index (χ1n) is 6.04. The van der Waals surface area contributed by atoms with Gasteiger partial charge in [0.25, 0.3) is 5.69 Å². The molecule has 20 heavy (non-hydrogen) atoms. The second-order valence-electron chi connectivity index (χ2n) is 4.36. The van der Waals surface area contributed by atoms with Crippen LogP contribution in [0.4, 0.5) is 5.69 Å². The third-order valence-electron chi connectivity index (χ3n) is 2.92. The molecule has 1 aromatic carbocycles. The zero-order valence-corrected chi connectivity index (χ0v) is 12.7. The van der Waals surface area contributed by atoms with Gasteiger partial charge in [-0.3, -0.25) is 10.1 Å². The molecule has 106 valence electrons. The van der Waals surface area contributed by atoms with E-state index in [1.807, 2.05) is 19.9 Å². The largest absolute Gasteiger partial charge is 0.444 e. The lowest BCUT2D eigenvalue weighted by molar-refractivity contribution is -0.385. The van der Waals surface area contributed by atoms with Gasteiger partial charge in [-0.25, -0.2) is 4.98 Å². The van der Waals surface area contributed by atoms with E-state index in [2.05, 4.69) is 26.2 Å². The number of halogens is 1. The van der Waals surface area contributed by atoms with Crippen LogP contribution in [0.25, 0.3) is 0 Å². The molecule has 0 aliphatic carbocycles. The lowest BCUT2D eigenvalue weighted by Crippen LogP contribution is -2.13. The quantitative estimate of drug-likeness (QED) is 0.667. The van der Waals surface area contributed by atoms with Gasteiger partial charge < -0.3 is 9.73 Å². The molecule has 0 amide bonds. The molecule has 0 radical (unpaired) electrons. The molecular formula is C13H14BrN3O3. The number of aryl methyl sites for hydroxylation is 2. The van der Waals surface area contributed by atoms with Gasteiger partial charge in [0, 0.05) is 12.6 Å². The van der Waals surface area contributed by atoms with Crippen LogP contribution in [-0.2, 0) is 13.1 Å². The Bertz CT molecular complexity index is 620. The number of nitro benzene ring substituents is 1. The van der Waals surface area contributed by atoms with Crippen molar-refractivity contribution in [1.82, 2.24) is 10.3 Å². The molecule has 0 atom stereocenters. The maximum absolute atomic E-state index is 10.8. The average molecular weight is 340 g/mol. The van der Waals surface area contributed by atoms with Gasteiger partial charge in [-0.2, -0.15) is 0 Å². The van der Waals surface area contributed by atoms with E-state index in [0.717, 1.165) is 17.0 Å². The lowest BCUT2D eigenvalue weighted by Gasteiger charge is -2.05. The molecule has 0 saturated heterocycles. The summed E-state index contributed by atoms with van der Waals surface area (Å²) in [5.41, 5.74) is 1.75. The van der Waals surface area contributed by atoms with Gasteiger partial charge in [0.2, 0.25) is 5.89 Å². The van der Waals surface area contributed by atoms with Crippen molar-refractivity contribution in [3.8, 4) is 0 Å². The fraction of sp³-hybridized carbons (Fsp3) is 0.308. The van der Waals surface area contributed by atoms with Crippen LogP contribution in [0.5, 0.6) is 0 Å². The molecule has 7 heteroatoms. The standard InChI is InChI=1S/C13H14BrN3O3/c1-8-9(2)20-12(16-8)7-15-6-10-4-3-5-11(13(10)14)17(18)19/h3-5,15H,6-7H2,1-2H3. The van der Waals surface area contributed by atoms with Gasteiger partial charge in [-0.15, -0.1) is 0 Å². The fourth-order valence-corrected chi connectivity index (χ4v) is 2.31. The van der Waals surface area contributed by atoms with Gasteiger partial charge in [0.05, 0.1) is 21.6 Å². The van der Waals surface area contributed by atoms with Crippen molar-refractivity contribution in [2.24, 2.45) is 0 Å². The van der Waals surface area contributed by atoms with Crippen LogP contribution in [0.2, 0.25) is 0 Å². The number of nitrogens with zero attached hydrogens (tertiary/aromatic N) is 2. The number of nitrogens with one attached hydrogen (secondary N) is 1. The van der Waals surface area contributed by atoms with Crippen LogP contribution >= 0.6 is 15.9 Å². The average Bonchev–Trinajstić information content (AvgIpc) is 2.70. The van der Waals surface area contributed by atoms with Crippen LogP contribution in [0.3, 0.4) is 0 Å². The summed E-state index contributed by atoms with van der Waals surface area (Å²) >= 11 is 3.26. The molecule has 0 aliphatic rings. The monoisotopic (exact) mass is 339 g/mol. The highest BCUT2D eigenvalue weighted by Gasteiger charge is 2.14. The molecule has 2 aromatic rings. The topological polar surface area (TPSA) is 81.2 Å². The SMILES string of the molecule is Cc1nc(CNCc2cccc([N+](=O)[O-])c2Br)oc1C. The molecule has 0 saturated carbocycles. The molecule has 2 rings (SSSR count). The molecule has 1 aromatic heterocycles. The van der Waals surface area contributed by atoms with Crippen molar-refractivity contribution in [3.63, 3.8) is 0 Å². The fourth-order valence-electron chi connectivity index (χ4n) is 1.76. The summed E-state index contributed by atoms with van der Waals surface area (Å²) < 4.78 is 5.95. The molecular weight excluding hydrogens is 326 g/mol. The number of rotatable bonds is 5. The summed E-state index contributed by atoms with van der Waals surface area (Å²) in [5, 5.41) is 14.0. The van der Waals surface area contributed by atoms with Crippen LogP contribution in [-0.4, -0.2) is 9.91 Å². The van der Waals surface area contributed by atoms with Gasteiger partial charge in [-0.1, -0.05) is 12.1 Å². The van der Waals surface area contributed by atoms with E-state index < -0.39 is 4.92 Å². The van der Waals surface area contributed by atoms with Crippen LogP contribution in [0, 0.1) is 24.0 Å². The Morgan fingerprint density at radius 1 is 1.40 bits per heavy atom. The Morgan fingerprint density at radius 2 is 2.15 bits per heavy atom. The van der Waals surface area contributed by atoms with Crippen molar-refractivity contribution >= 4 is 21.6 Å². The smallest absolute Gasteiger partial charge is 0.283 e. The molecule has 0 bridgehead atoms. The maximum Gasteiger partial charge on any atom is 0.283 e. The number of aromatic nitrogens is 1. The first-order valence-corrected chi connectivity index (χ1v) is 6.83. The highest BCUT2D eigenvalue weighted by molar-refractivity contribution is 9.10. The van der Waals surface area contributed by atoms with E-state index >= 15 is 0 Å². The Balaban J connectivity index is 2.01. The Hall–Kier alpha value is -1.73. The van der Waals surface area contributed by atoms with Gasteiger partial charge in [-0.05, 0) is 35.3 Å². The number of nitro groups is 1. The van der Waals surface area contributed by atoms with Gasteiger partial charge >= 0.3 is 0 Å². The van der Waals surface area contributed by atoms with E-state index in [4.69, 9.17) is 4.42 Å².